The van der Waals surface area contributed by atoms with E-state index in [9.17, 15) is 4.79 Å². The van der Waals surface area contributed by atoms with E-state index in [4.69, 9.17) is 0 Å². The van der Waals surface area contributed by atoms with Gasteiger partial charge in [0.15, 0.2) is 7.93 Å². The third-order valence-corrected chi connectivity index (χ3v) is 3.49. The number of fused-ring (bicyclic) bond motifs is 1. The molecule has 0 spiro atoms. The number of alkyl halides is 3. The fraction of sp³-hybridized carbons (Fsp3) is 0.200. The van der Waals surface area contributed by atoms with E-state index < -0.39 is 2.14 Å². The predicted octanol–water partition coefficient (Wildman–Crippen LogP) is 4.18. The topological polar surface area (TPSA) is 29.4 Å². The Morgan fingerprint density at radius 1 is 1.20 bits per heavy atom. The summed E-state index contributed by atoms with van der Waals surface area (Å²) < 4.78 is -0.587. The molecule has 0 saturated carbocycles. The zero-order chi connectivity index (χ0) is 11.1. The maximum atomic E-state index is 11.8. The number of hydrogen-bond donors (Lipinski definition) is 0. The lowest BCUT2D eigenvalue weighted by Gasteiger charge is -2.20. The first kappa shape index (κ1) is 11.5. The van der Waals surface area contributed by atoms with Crippen molar-refractivity contribution in [3.63, 3.8) is 0 Å². The average Bonchev–Trinajstić information content (AvgIpc) is 2.16. The van der Waals surface area contributed by atoms with Gasteiger partial charge in [0.05, 0.1) is 17.8 Å². The first-order chi connectivity index (χ1) is 6.98. The number of benzene rings is 1. The average molecular weight is 396 g/mol. The van der Waals surface area contributed by atoms with Crippen LogP contribution in [0.2, 0.25) is 0 Å². The second-order valence-electron chi connectivity index (χ2n) is 3.17. The van der Waals surface area contributed by atoms with Crippen LogP contribution in [0.25, 0.3) is 0 Å². The Bertz CT molecular complexity index is 448. The second-order valence-corrected chi connectivity index (χ2v) is 9.93. The van der Waals surface area contributed by atoms with Gasteiger partial charge < -0.3 is 0 Å². The van der Waals surface area contributed by atoms with Gasteiger partial charge in [-0.1, -0.05) is 59.9 Å². The molecule has 1 aliphatic rings. The molecule has 0 bridgehead atoms. The third kappa shape index (κ3) is 2.40. The highest BCUT2D eigenvalue weighted by Gasteiger charge is 2.31. The van der Waals surface area contributed by atoms with Crippen molar-refractivity contribution in [3.8, 4) is 0 Å². The fourth-order valence-electron chi connectivity index (χ4n) is 1.40. The van der Waals surface area contributed by atoms with Crippen LogP contribution in [0, 0.1) is 0 Å². The van der Waals surface area contributed by atoms with Crippen LogP contribution < -0.4 is 0 Å². The molecule has 0 unspecified atom stereocenters. The standard InChI is InChI=1S/C10H6Br3NO/c11-10(12,13)9-5-8(15)6-3-1-2-4-7(6)14-9/h1-4H,5H2. The Hall–Kier alpha value is 0. The highest BCUT2D eigenvalue weighted by atomic mass is 80.0. The molecule has 1 heterocycles. The minimum atomic E-state index is -0.587. The van der Waals surface area contributed by atoms with E-state index in [1.54, 1.807) is 6.07 Å². The summed E-state index contributed by atoms with van der Waals surface area (Å²) in [6, 6.07) is 7.36. The maximum Gasteiger partial charge on any atom is 0.173 e. The van der Waals surface area contributed by atoms with Gasteiger partial charge in [0.2, 0.25) is 0 Å². The molecule has 1 aliphatic heterocycles. The first-order valence-corrected chi connectivity index (χ1v) is 6.63. The third-order valence-electron chi connectivity index (χ3n) is 2.12. The fourth-order valence-corrected chi connectivity index (χ4v) is 2.09. The Balaban J connectivity index is 2.52. The molecule has 78 valence electrons. The first-order valence-electron chi connectivity index (χ1n) is 4.25. The molecule has 5 heteroatoms. The lowest BCUT2D eigenvalue weighted by molar-refractivity contribution is 0.0999. The quantitative estimate of drug-likeness (QED) is 0.606. The van der Waals surface area contributed by atoms with Crippen molar-refractivity contribution in [3.05, 3.63) is 29.8 Å². The summed E-state index contributed by atoms with van der Waals surface area (Å²) in [6.45, 7) is 0. The van der Waals surface area contributed by atoms with E-state index in [-0.39, 0.29) is 5.78 Å². The number of ketones is 1. The Morgan fingerprint density at radius 2 is 1.87 bits per heavy atom. The van der Waals surface area contributed by atoms with Crippen molar-refractivity contribution < 1.29 is 4.79 Å². The Labute approximate surface area is 113 Å². The summed E-state index contributed by atoms with van der Waals surface area (Å²) in [5, 5.41) is 0. The maximum absolute atomic E-state index is 11.8. The van der Waals surface area contributed by atoms with Crippen LogP contribution in [0.3, 0.4) is 0 Å². The van der Waals surface area contributed by atoms with Crippen molar-refractivity contribution in [2.45, 2.75) is 8.56 Å². The zero-order valence-electron chi connectivity index (χ0n) is 7.51. The molecule has 0 aromatic heterocycles. The Morgan fingerprint density at radius 3 is 2.53 bits per heavy atom. The number of Topliss-reactive ketones (excluding diaryl/α,β-unsaturated/α-hetero) is 1. The molecule has 0 N–H and O–H groups in total. The van der Waals surface area contributed by atoms with E-state index in [1.165, 1.54) is 0 Å². The molecule has 0 amide bonds. The van der Waals surface area contributed by atoms with Crippen molar-refractivity contribution in [1.82, 2.24) is 0 Å². The summed E-state index contributed by atoms with van der Waals surface area (Å²) in [6.07, 6.45) is 0.318. The van der Waals surface area contributed by atoms with E-state index in [0.717, 1.165) is 11.4 Å². The largest absolute Gasteiger partial charge is 0.294 e. The molecule has 2 rings (SSSR count). The van der Waals surface area contributed by atoms with Gasteiger partial charge in [-0.15, -0.1) is 0 Å². The van der Waals surface area contributed by atoms with Crippen LogP contribution in [0.1, 0.15) is 16.8 Å². The van der Waals surface area contributed by atoms with Gasteiger partial charge in [-0.25, -0.2) is 0 Å². The van der Waals surface area contributed by atoms with Crippen molar-refractivity contribution >= 4 is 65.0 Å². The lowest BCUT2D eigenvalue weighted by Crippen LogP contribution is -2.23. The molecule has 1 aromatic rings. The summed E-state index contributed by atoms with van der Waals surface area (Å²) in [5.41, 5.74) is 2.15. The zero-order valence-corrected chi connectivity index (χ0v) is 12.3. The number of hydrogen-bond acceptors (Lipinski definition) is 2. The van der Waals surface area contributed by atoms with E-state index in [2.05, 4.69) is 52.8 Å². The van der Waals surface area contributed by atoms with Crippen LogP contribution in [-0.2, 0) is 0 Å². The van der Waals surface area contributed by atoms with E-state index in [1.807, 2.05) is 18.2 Å². The lowest BCUT2D eigenvalue weighted by atomic mass is 10.0. The minimum Gasteiger partial charge on any atom is -0.294 e. The molecule has 0 atom stereocenters. The molecule has 1 aromatic carbocycles. The molecule has 0 aliphatic carbocycles. The number of carbonyl (C=O) groups excluding carboxylic acids is 1. The Kier molecular flexibility index (Phi) is 3.14. The van der Waals surface area contributed by atoms with Gasteiger partial charge in [-0.2, -0.15) is 0 Å². The van der Waals surface area contributed by atoms with Gasteiger partial charge >= 0.3 is 0 Å². The molecule has 2 nitrogen and oxygen atoms in total. The van der Waals surface area contributed by atoms with E-state index >= 15 is 0 Å². The van der Waals surface area contributed by atoms with Gasteiger partial charge in [-0.05, 0) is 12.1 Å². The monoisotopic (exact) mass is 393 g/mol. The predicted molar refractivity (Wildman–Crippen MR) is 72.0 cm³/mol. The highest BCUT2D eigenvalue weighted by molar-refractivity contribution is 9.40. The van der Waals surface area contributed by atoms with Crippen LogP contribution in [0.15, 0.2) is 29.3 Å². The minimum absolute atomic E-state index is 0.0957. The molecule has 0 saturated heterocycles. The van der Waals surface area contributed by atoms with Crippen molar-refractivity contribution in [2.75, 3.05) is 0 Å². The number of nitrogens with zero attached hydrogens (tertiary/aromatic N) is 1. The molecule has 0 fully saturated rings. The molecule has 0 radical (unpaired) electrons. The van der Waals surface area contributed by atoms with Crippen LogP contribution in [0.4, 0.5) is 5.69 Å². The summed E-state index contributed by atoms with van der Waals surface area (Å²) in [7, 11) is 0. The smallest absolute Gasteiger partial charge is 0.173 e. The van der Waals surface area contributed by atoms with Gasteiger partial charge in [0, 0.05) is 5.56 Å². The van der Waals surface area contributed by atoms with Gasteiger partial charge in [0.1, 0.15) is 0 Å². The van der Waals surface area contributed by atoms with Gasteiger partial charge in [-0.3, -0.25) is 9.79 Å². The summed E-state index contributed by atoms with van der Waals surface area (Å²) in [4.78, 5) is 16.2. The number of carbonyl (C=O) groups is 1. The number of rotatable bonds is 0. The van der Waals surface area contributed by atoms with Crippen molar-refractivity contribution in [1.29, 1.82) is 0 Å². The molecular formula is C10H6Br3NO. The van der Waals surface area contributed by atoms with Gasteiger partial charge in [0.25, 0.3) is 0 Å². The van der Waals surface area contributed by atoms with E-state index in [0.29, 0.717) is 12.0 Å². The number of para-hydroxylation sites is 1. The highest BCUT2D eigenvalue weighted by Crippen LogP contribution is 2.40. The molecular weight excluding hydrogens is 390 g/mol. The number of aliphatic imine (C=N–C) groups is 1. The normalized spacial score (nSPS) is 15.9. The SMILES string of the molecule is O=C1CC(C(Br)(Br)Br)=Nc2ccccc21. The van der Waals surface area contributed by atoms with Crippen LogP contribution in [0.5, 0.6) is 0 Å². The summed E-state index contributed by atoms with van der Waals surface area (Å²) >= 11 is 10.1. The van der Waals surface area contributed by atoms with Crippen LogP contribution in [-0.4, -0.2) is 13.6 Å². The number of halogens is 3. The summed E-state index contributed by atoms with van der Waals surface area (Å²) in [5.74, 6) is 0.0957. The second kappa shape index (κ2) is 4.11. The van der Waals surface area contributed by atoms with Crippen LogP contribution >= 0.6 is 47.8 Å². The molecule has 15 heavy (non-hydrogen) atoms. The van der Waals surface area contributed by atoms with Crippen molar-refractivity contribution in [2.24, 2.45) is 4.99 Å².